The van der Waals surface area contributed by atoms with Gasteiger partial charge in [-0.05, 0) is 59.7 Å². The van der Waals surface area contributed by atoms with Crippen LogP contribution in [-0.2, 0) is 11.7 Å². The second-order valence-corrected chi connectivity index (χ2v) is 7.95. The Hall–Kier alpha value is -2.42. The summed E-state index contributed by atoms with van der Waals surface area (Å²) in [6, 6.07) is 6.54. The third kappa shape index (κ3) is 4.95. The molecule has 1 heterocycles. The minimum absolute atomic E-state index is 0.00195. The predicted molar refractivity (Wildman–Crippen MR) is 108 cm³/mol. The number of nitriles is 1. The maximum Gasteiger partial charge on any atom is 0.417 e. The summed E-state index contributed by atoms with van der Waals surface area (Å²) in [7, 11) is 0. The van der Waals surface area contributed by atoms with Crippen molar-refractivity contribution in [1.29, 1.82) is 5.26 Å². The van der Waals surface area contributed by atoms with Crippen molar-refractivity contribution in [3.8, 4) is 6.07 Å². The van der Waals surface area contributed by atoms with Gasteiger partial charge in [-0.25, -0.2) is 14.8 Å². The maximum atomic E-state index is 13.1. The highest BCUT2D eigenvalue weighted by molar-refractivity contribution is 14.1. The van der Waals surface area contributed by atoms with Crippen molar-refractivity contribution in [2.45, 2.75) is 43.8 Å². The zero-order valence-corrected chi connectivity index (χ0v) is 17.3. The van der Waals surface area contributed by atoms with E-state index in [1.165, 1.54) is 18.3 Å². The number of hydrogen-bond acceptors (Lipinski definition) is 4. The molecule has 1 aliphatic rings. The molecule has 0 saturated heterocycles. The van der Waals surface area contributed by atoms with Gasteiger partial charge in [0.05, 0.1) is 16.8 Å². The van der Waals surface area contributed by atoms with Crippen LogP contribution in [0.4, 0.5) is 23.7 Å². The van der Waals surface area contributed by atoms with E-state index in [4.69, 9.17) is 5.26 Å². The van der Waals surface area contributed by atoms with Crippen molar-refractivity contribution < 1.29 is 18.0 Å². The summed E-state index contributed by atoms with van der Waals surface area (Å²) in [5.41, 5.74) is -1.04. The molecule has 2 N–H and O–H groups in total. The number of hydrogen-bond donors (Lipinski definition) is 2. The largest absolute Gasteiger partial charge is 0.417 e. The lowest BCUT2D eigenvalue weighted by atomic mass is 9.79. The molecule has 3 rings (SSSR count). The predicted octanol–water partition coefficient (Wildman–Crippen LogP) is 4.95. The molecule has 152 valence electrons. The first-order valence-electron chi connectivity index (χ1n) is 8.93. The first-order chi connectivity index (χ1) is 13.7. The number of nitrogens with one attached hydrogen (secondary N) is 2. The Balaban J connectivity index is 1.84. The standard InChI is InChI=1S/C19H17F3IN5O/c20-19(21,22)13-10-12(4-5-14(13)23)26-17(29)28-18(7-2-1-3-8-18)15-6-9-25-16(11-24)27-15/h4-6,9-10H,1-3,7-8H2,(H2,26,28,29). The summed E-state index contributed by atoms with van der Waals surface area (Å²) in [5.74, 6) is 0.00195. The molecule has 2 amide bonds. The Morgan fingerprint density at radius 2 is 1.93 bits per heavy atom. The topological polar surface area (TPSA) is 90.7 Å². The molecule has 1 saturated carbocycles. The second kappa shape index (κ2) is 8.52. The van der Waals surface area contributed by atoms with E-state index >= 15 is 0 Å². The lowest BCUT2D eigenvalue weighted by Crippen LogP contribution is -2.49. The molecule has 0 aliphatic heterocycles. The molecule has 0 bridgehead atoms. The Morgan fingerprint density at radius 1 is 1.21 bits per heavy atom. The van der Waals surface area contributed by atoms with E-state index in [0.717, 1.165) is 25.3 Å². The summed E-state index contributed by atoms with van der Waals surface area (Å²) in [4.78, 5) is 20.8. The van der Waals surface area contributed by atoms with Crippen molar-refractivity contribution >= 4 is 34.3 Å². The van der Waals surface area contributed by atoms with Crippen molar-refractivity contribution in [1.82, 2.24) is 15.3 Å². The summed E-state index contributed by atoms with van der Waals surface area (Å²) in [6.45, 7) is 0. The van der Waals surface area contributed by atoms with Gasteiger partial charge in [0, 0.05) is 15.5 Å². The van der Waals surface area contributed by atoms with Gasteiger partial charge in [-0.1, -0.05) is 19.3 Å². The van der Waals surface area contributed by atoms with E-state index in [1.807, 2.05) is 6.07 Å². The molecule has 0 radical (unpaired) electrons. The Kier molecular flexibility index (Phi) is 6.26. The van der Waals surface area contributed by atoms with E-state index in [9.17, 15) is 18.0 Å². The number of benzene rings is 1. The average Bonchev–Trinajstić information content (AvgIpc) is 2.69. The first-order valence-corrected chi connectivity index (χ1v) is 10.0. The second-order valence-electron chi connectivity index (χ2n) is 6.79. The lowest BCUT2D eigenvalue weighted by molar-refractivity contribution is -0.138. The maximum absolute atomic E-state index is 13.1. The smallest absolute Gasteiger partial charge is 0.327 e. The number of anilines is 1. The monoisotopic (exact) mass is 515 g/mol. The van der Waals surface area contributed by atoms with Crippen LogP contribution in [0.25, 0.3) is 0 Å². The Morgan fingerprint density at radius 3 is 2.59 bits per heavy atom. The van der Waals surface area contributed by atoms with E-state index in [0.29, 0.717) is 18.5 Å². The number of halogens is 4. The SMILES string of the molecule is N#Cc1nccc(C2(NC(=O)Nc3ccc(I)c(C(F)(F)F)c3)CCCCC2)n1. The van der Waals surface area contributed by atoms with Gasteiger partial charge in [0.25, 0.3) is 0 Å². The molecule has 0 spiro atoms. The number of alkyl halides is 3. The number of aromatic nitrogens is 2. The number of urea groups is 1. The highest BCUT2D eigenvalue weighted by atomic mass is 127. The van der Waals surface area contributed by atoms with Crippen LogP contribution >= 0.6 is 22.6 Å². The highest BCUT2D eigenvalue weighted by Gasteiger charge is 2.37. The zero-order valence-electron chi connectivity index (χ0n) is 15.2. The molecule has 1 aromatic carbocycles. The molecular formula is C19H17F3IN5O. The van der Waals surface area contributed by atoms with E-state index in [2.05, 4.69) is 20.6 Å². The summed E-state index contributed by atoms with van der Waals surface area (Å²) < 4.78 is 39.4. The lowest BCUT2D eigenvalue weighted by Gasteiger charge is -2.37. The van der Waals surface area contributed by atoms with Gasteiger partial charge in [0.2, 0.25) is 5.82 Å². The van der Waals surface area contributed by atoms with Crippen LogP contribution < -0.4 is 10.6 Å². The van der Waals surface area contributed by atoms with Crippen LogP contribution in [0.1, 0.15) is 49.2 Å². The number of carbonyl (C=O) groups is 1. The van der Waals surface area contributed by atoms with Crippen molar-refractivity contribution in [2.24, 2.45) is 0 Å². The molecule has 1 aromatic heterocycles. The van der Waals surface area contributed by atoms with Gasteiger partial charge in [-0.2, -0.15) is 18.4 Å². The number of rotatable bonds is 3. The summed E-state index contributed by atoms with van der Waals surface area (Å²) in [5, 5.41) is 14.4. The number of carbonyl (C=O) groups excluding carboxylic acids is 1. The third-order valence-electron chi connectivity index (χ3n) is 4.84. The van der Waals surface area contributed by atoms with Gasteiger partial charge >= 0.3 is 12.2 Å². The molecule has 0 unspecified atom stereocenters. The molecule has 0 atom stereocenters. The fourth-order valence-corrected chi connectivity index (χ4v) is 4.12. The van der Waals surface area contributed by atoms with Gasteiger partial charge < -0.3 is 10.6 Å². The molecule has 29 heavy (non-hydrogen) atoms. The van der Waals surface area contributed by atoms with Crippen LogP contribution in [-0.4, -0.2) is 16.0 Å². The van der Waals surface area contributed by atoms with E-state index in [1.54, 1.807) is 28.7 Å². The zero-order chi connectivity index (χ0) is 21.1. The third-order valence-corrected chi connectivity index (χ3v) is 5.78. The Labute approximate surface area is 179 Å². The summed E-state index contributed by atoms with van der Waals surface area (Å²) in [6.07, 6.45) is 0.899. The van der Waals surface area contributed by atoms with Crippen LogP contribution in [0.5, 0.6) is 0 Å². The van der Waals surface area contributed by atoms with Crippen molar-refractivity contribution in [3.63, 3.8) is 0 Å². The van der Waals surface area contributed by atoms with Crippen molar-refractivity contribution in [2.75, 3.05) is 5.32 Å². The number of nitrogens with zero attached hydrogens (tertiary/aromatic N) is 3. The minimum atomic E-state index is -4.51. The van der Waals surface area contributed by atoms with E-state index in [-0.39, 0.29) is 15.1 Å². The fourth-order valence-electron chi connectivity index (χ4n) is 3.48. The van der Waals surface area contributed by atoms with Crippen molar-refractivity contribution in [3.05, 3.63) is 51.1 Å². The average molecular weight is 515 g/mol. The molecule has 2 aromatic rings. The number of amides is 2. The molecule has 10 heteroatoms. The molecule has 6 nitrogen and oxygen atoms in total. The van der Waals surface area contributed by atoms with Gasteiger partial charge in [0.15, 0.2) is 0 Å². The molecule has 1 fully saturated rings. The highest BCUT2D eigenvalue weighted by Crippen LogP contribution is 2.37. The van der Waals surface area contributed by atoms with Crippen LogP contribution in [0.15, 0.2) is 30.5 Å². The normalized spacial score (nSPS) is 16.0. The van der Waals surface area contributed by atoms with Crippen LogP contribution in [0, 0.1) is 14.9 Å². The fraction of sp³-hybridized carbons (Fsp3) is 0.368. The summed E-state index contributed by atoms with van der Waals surface area (Å²) >= 11 is 1.61. The minimum Gasteiger partial charge on any atom is -0.327 e. The Bertz CT molecular complexity index is 952. The van der Waals surface area contributed by atoms with Crippen LogP contribution in [0.3, 0.4) is 0 Å². The van der Waals surface area contributed by atoms with Crippen LogP contribution in [0.2, 0.25) is 0 Å². The first kappa shape index (κ1) is 21.3. The van der Waals surface area contributed by atoms with Gasteiger partial charge in [-0.15, -0.1) is 0 Å². The van der Waals surface area contributed by atoms with Gasteiger partial charge in [-0.3, -0.25) is 0 Å². The quantitative estimate of drug-likeness (QED) is 0.566. The van der Waals surface area contributed by atoms with Gasteiger partial charge in [0.1, 0.15) is 6.07 Å². The van der Waals surface area contributed by atoms with E-state index < -0.39 is 23.3 Å². The molecule has 1 aliphatic carbocycles. The molecular weight excluding hydrogens is 498 g/mol.